The lowest BCUT2D eigenvalue weighted by molar-refractivity contribution is -0.143. The van der Waals surface area contributed by atoms with Gasteiger partial charge in [0.2, 0.25) is 16.6 Å². The lowest BCUT2D eigenvalue weighted by Gasteiger charge is -2.17. The Morgan fingerprint density at radius 3 is 2.57 bits per heavy atom. The molecule has 1 fully saturated rings. The van der Waals surface area contributed by atoms with Crippen LogP contribution >= 0.6 is 11.6 Å². The van der Waals surface area contributed by atoms with E-state index in [1.807, 2.05) is 6.07 Å². The average molecular weight is 548 g/mol. The van der Waals surface area contributed by atoms with E-state index in [0.717, 1.165) is 18.4 Å². The van der Waals surface area contributed by atoms with Crippen molar-refractivity contribution in [1.82, 2.24) is 14.6 Å². The molecule has 1 aliphatic rings. The van der Waals surface area contributed by atoms with Crippen LogP contribution in [0.4, 0.5) is 0 Å². The van der Waals surface area contributed by atoms with Crippen molar-refractivity contribution in [1.29, 1.82) is 0 Å². The molecule has 1 amide bonds. The van der Waals surface area contributed by atoms with Gasteiger partial charge in [-0.1, -0.05) is 11.6 Å². The van der Waals surface area contributed by atoms with Gasteiger partial charge in [-0.15, -0.1) is 0 Å². The summed E-state index contributed by atoms with van der Waals surface area (Å²) in [7, 11) is -1.31. The number of halogens is 1. The Hall–Kier alpha value is -2.95. The van der Waals surface area contributed by atoms with Crippen LogP contribution in [0.15, 0.2) is 34.7 Å². The molecule has 3 aromatic rings. The molecule has 0 saturated heterocycles. The van der Waals surface area contributed by atoms with Crippen LogP contribution in [0.5, 0.6) is 0 Å². The van der Waals surface area contributed by atoms with E-state index in [2.05, 4.69) is 5.32 Å². The number of carbonyl (C=O) groups excluding carboxylic acids is 2. The number of pyridine rings is 1. The van der Waals surface area contributed by atoms with E-state index in [9.17, 15) is 18.0 Å². The molecular weight excluding hydrogens is 518 g/mol. The van der Waals surface area contributed by atoms with E-state index in [4.69, 9.17) is 25.7 Å². The molecule has 37 heavy (non-hydrogen) atoms. The molecule has 4 rings (SSSR count). The molecule has 1 aliphatic carbocycles. The molecule has 0 bridgehead atoms. The maximum absolute atomic E-state index is 12.9. The summed E-state index contributed by atoms with van der Waals surface area (Å²) in [5.74, 6) is 0.0486. The molecule has 0 unspecified atom stereocenters. The van der Waals surface area contributed by atoms with Crippen molar-refractivity contribution >= 4 is 45.5 Å². The summed E-state index contributed by atoms with van der Waals surface area (Å²) in [5, 5.41) is 3.83. The Labute approximate surface area is 222 Å². The van der Waals surface area contributed by atoms with Crippen LogP contribution in [-0.4, -0.2) is 49.8 Å². The second-order valence-corrected chi connectivity index (χ2v) is 10.4. The van der Waals surface area contributed by atoms with Gasteiger partial charge >= 0.3 is 5.97 Å². The quantitative estimate of drug-likeness (QED) is 0.195. The van der Waals surface area contributed by atoms with Gasteiger partial charge in [0.25, 0.3) is 5.91 Å². The van der Waals surface area contributed by atoms with Gasteiger partial charge in [0.05, 0.1) is 29.8 Å². The number of fused-ring (bicyclic) bond motifs is 1. The van der Waals surface area contributed by atoms with E-state index in [0.29, 0.717) is 52.4 Å². The molecule has 1 N–H and O–H groups in total. The monoisotopic (exact) mass is 547 g/mol. The number of amides is 1. The summed E-state index contributed by atoms with van der Waals surface area (Å²) in [5.41, 5.74) is 2.87. The number of aromatic nitrogens is 1. The molecule has 11 heteroatoms. The summed E-state index contributed by atoms with van der Waals surface area (Å²) in [6, 6.07) is 8.90. The highest BCUT2D eigenvalue weighted by atomic mass is 35.5. The van der Waals surface area contributed by atoms with Crippen LogP contribution in [0.1, 0.15) is 66.6 Å². The van der Waals surface area contributed by atoms with Crippen molar-refractivity contribution in [2.75, 3.05) is 20.2 Å². The van der Waals surface area contributed by atoms with E-state index >= 15 is 0 Å². The first-order chi connectivity index (χ1) is 17.8. The van der Waals surface area contributed by atoms with Crippen molar-refractivity contribution in [2.45, 2.75) is 51.5 Å². The topological polar surface area (TPSA) is 119 Å². The number of thiol groups is 1. The maximum atomic E-state index is 12.9. The molecule has 2 aromatic heterocycles. The first-order valence-corrected chi connectivity index (χ1v) is 13.8. The first kappa shape index (κ1) is 27.1. The smallest absolute Gasteiger partial charge is 0.305 e. The second-order valence-electron chi connectivity index (χ2n) is 8.93. The molecule has 0 spiro atoms. The van der Waals surface area contributed by atoms with Crippen LogP contribution in [0, 0.1) is 0 Å². The fourth-order valence-corrected chi connectivity index (χ4v) is 4.97. The van der Waals surface area contributed by atoms with Crippen molar-refractivity contribution in [3.05, 3.63) is 52.2 Å². The van der Waals surface area contributed by atoms with Crippen LogP contribution in [-0.2, 0) is 27.0 Å². The van der Waals surface area contributed by atoms with Crippen LogP contribution in [0.25, 0.3) is 22.4 Å². The van der Waals surface area contributed by atoms with Gasteiger partial charge in [-0.2, -0.15) is 4.31 Å². The van der Waals surface area contributed by atoms with Crippen LogP contribution < -0.4 is 5.32 Å². The highest BCUT2D eigenvalue weighted by Gasteiger charge is 2.31. The van der Waals surface area contributed by atoms with E-state index in [-0.39, 0.29) is 43.0 Å². The van der Waals surface area contributed by atoms with Gasteiger partial charge in [0.15, 0.2) is 0 Å². The standard InChI is InChI=1S/C26H30ClN3O6S/c1-3-35-22(31)6-4-5-13-30(37(33)34)15-21-19(16-7-8-16)14-20-23(25(32)28-2)24(36-26(20)29-21)17-9-11-18(27)12-10-17/h9-12,14,16,37H,3-8,13,15H2,1-2H3,(H,28,32). The Kier molecular flexibility index (Phi) is 8.83. The van der Waals surface area contributed by atoms with Crippen molar-refractivity contribution in [3.63, 3.8) is 0 Å². The number of carbonyl (C=O) groups is 2. The zero-order valence-electron chi connectivity index (χ0n) is 20.8. The molecule has 0 atom stereocenters. The Balaban J connectivity index is 1.66. The highest BCUT2D eigenvalue weighted by Crippen LogP contribution is 2.44. The molecule has 1 saturated carbocycles. The van der Waals surface area contributed by atoms with E-state index in [1.54, 1.807) is 38.2 Å². The summed E-state index contributed by atoms with van der Waals surface area (Å²) in [6.45, 7) is 2.42. The Morgan fingerprint density at radius 1 is 1.22 bits per heavy atom. The SMILES string of the molecule is CCOC(=O)CCCCN(Cc1nc2oc(-c3ccc(Cl)cc3)c(C(=O)NC)c2cc1C1CC1)[SH](=O)=O. The molecule has 9 nitrogen and oxygen atoms in total. The average Bonchev–Trinajstić information content (AvgIpc) is 3.66. The van der Waals surface area contributed by atoms with Crippen LogP contribution in [0.3, 0.4) is 0 Å². The molecule has 1 aromatic carbocycles. The summed E-state index contributed by atoms with van der Waals surface area (Å²) < 4.78 is 36.5. The number of furan rings is 1. The van der Waals surface area contributed by atoms with Crippen molar-refractivity contribution in [3.8, 4) is 11.3 Å². The molecule has 0 aliphatic heterocycles. The minimum atomic E-state index is -2.86. The van der Waals surface area contributed by atoms with Crippen molar-refractivity contribution in [2.24, 2.45) is 0 Å². The van der Waals surface area contributed by atoms with E-state index in [1.165, 1.54) is 4.31 Å². The summed E-state index contributed by atoms with van der Waals surface area (Å²) >= 11 is 6.04. The fraction of sp³-hybridized carbons (Fsp3) is 0.423. The summed E-state index contributed by atoms with van der Waals surface area (Å²) in [4.78, 5) is 29.2. The third kappa shape index (κ3) is 6.49. The molecule has 2 heterocycles. The fourth-order valence-electron chi connectivity index (χ4n) is 4.29. The predicted octanol–water partition coefficient (Wildman–Crippen LogP) is 4.45. The van der Waals surface area contributed by atoms with Gasteiger partial charge in [-0.25, -0.2) is 13.4 Å². The normalized spacial score (nSPS) is 13.4. The first-order valence-electron chi connectivity index (χ1n) is 12.3. The van der Waals surface area contributed by atoms with Gasteiger partial charge in [-0.3, -0.25) is 9.59 Å². The van der Waals surface area contributed by atoms with Gasteiger partial charge in [0, 0.05) is 30.6 Å². The van der Waals surface area contributed by atoms with Crippen LogP contribution in [0.2, 0.25) is 5.02 Å². The number of nitrogens with zero attached hydrogens (tertiary/aromatic N) is 2. The number of hydrogen-bond acceptors (Lipinski definition) is 7. The van der Waals surface area contributed by atoms with E-state index < -0.39 is 10.9 Å². The number of esters is 1. The number of unbranched alkanes of at least 4 members (excludes halogenated alkanes) is 1. The lowest BCUT2D eigenvalue weighted by Crippen LogP contribution is -2.24. The number of hydrogen-bond donors (Lipinski definition) is 2. The van der Waals surface area contributed by atoms with Gasteiger partial charge in [-0.05, 0) is 74.4 Å². The predicted molar refractivity (Wildman–Crippen MR) is 141 cm³/mol. The van der Waals surface area contributed by atoms with Gasteiger partial charge in [0.1, 0.15) is 5.76 Å². The Bertz CT molecular complexity index is 1360. The third-order valence-electron chi connectivity index (χ3n) is 6.29. The Morgan fingerprint density at radius 2 is 1.95 bits per heavy atom. The largest absolute Gasteiger partial charge is 0.466 e. The molecule has 0 radical (unpaired) electrons. The van der Waals surface area contributed by atoms with Gasteiger partial charge < -0.3 is 14.5 Å². The summed E-state index contributed by atoms with van der Waals surface area (Å²) in [6.07, 6.45) is 3.24. The van der Waals surface area contributed by atoms with Crippen molar-refractivity contribution < 1.29 is 27.2 Å². The zero-order valence-corrected chi connectivity index (χ0v) is 22.4. The maximum Gasteiger partial charge on any atom is 0.305 e. The number of benzene rings is 1. The zero-order chi connectivity index (χ0) is 26.5. The molecule has 198 valence electrons. The molecular formula is C26H30ClN3O6S. The third-order valence-corrected chi connectivity index (χ3v) is 7.34. The minimum absolute atomic E-state index is 0.0895. The second kappa shape index (κ2) is 12.1. The minimum Gasteiger partial charge on any atom is -0.466 e. The number of ether oxygens (including phenoxy) is 1. The number of rotatable bonds is 12. The lowest BCUT2D eigenvalue weighted by atomic mass is 10.0. The number of nitrogens with one attached hydrogen (secondary N) is 1. The highest BCUT2D eigenvalue weighted by molar-refractivity contribution is 7.69.